The predicted octanol–water partition coefficient (Wildman–Crippen LogP) is 4.73. The van der Waals surface area contributed by atoms with Crippen molar-refractivity contribution in [2.75, 3.05) is 0 Å². The summed E-state index contributed by atoms with van der Waals surface area (Å²) >= 11 is 0. The van der Waals surface area contributed by atoms with Gasteiger partial charge in [-0.2, -0.15) is 0 Å². The van der Waals surface area contributed by atoms with Crippen LogP contribution in [0.4, 0.5) is 4.39 Å². The number of halogens is 1. The minimum Gasteiger partial charge on any atom is -0.457 e. The molecule has 0 atom stereocenters. The molecule has 25 heavy (non-hydrogen) atoms. The Kier molecular flexibility index (Phi) is 5.14. The highest BCUT2D eigenvalue weighted by Gasteiger charge is 2.16. The van der Waals surface area contributed by atoms with Gasteiger partial charge >= 0.3 is 0 Å². The quantitative estimate of drug-likeness (QED) is 0.641. The van der Waals surface area contributed by atoms with Crippen LogP contribution in [0.1, 0.15) is 11.1 Å². The largest absolute Gasteiger partial charge is 0.457 e. The maximum Gasteiger partial charge on any atom is 0.158 e. The van der Waals surface area contributed by atoms with Crippen LogP contribution in [-0.2, 0) is 21.3 Å². The van der Waals surface area contributed by atoms with E-state index in [9.17, 15) is 12.8 Å². The summed E-state index contributed by atoms with van der Waals surface area (Å²) in [5.74, 6) is 0.477. The summed E-state index contributed by atoms with van der Waals surface area (Å²) in [7, 11) is -3.42. The zero-order valence-corrected chi connectivity index (χ0v) is 14.2. The molecule has 0 spiro atoms. The monoisotopic (exact) mass is 356 g/mol. The van der Waals surface area contributed by atoms with Crippen LogP contribution in [0.5, 0.6) is 11.5 Å². The lowest BCUT2D eigenvalue weighted by molar-refractivity contribution is 0.477. The molecule has 0 unspecified atom stereocenters. The van der Waals surface area contributed by atoms with Gasteiger partial charge in [0.1, 0.15) is 17.3 Å². The zero-order chi connectivity index (χ0) is 17.7. The number of para-hydroxylation sites is 2. The third kappa shape index (κ3) is 4.90. The molecule has 3 rings (SSSR count). The molecule has 0 fully saturated rings. The first-order valence-electron chi connectivity index (χ1n) is 7.77. The van der Waals surface area contributed by atoms with Gasteiger partial charge in [0.05, 0.1) is 11.5 Å². The van der Waals surface area contributed by atoms with Crippen molar-refractivity contribution in [3.05, 3.63) is 95.8 Å². The molecular formula is C20H17FO3S. The first-order chi connectivity index (χ1) is 12.0. The zero-order valence-electron chi connectivity index (χ0n) is 13.4. The second-order valence-corrected chi connectivity index (χ2v) is 7.75. The van der Waals surface area contributed by atoms with Gasteiger partial charge in [-0.15, -0.1) is 0 Å². The van der Waals surface area contributed by atoms with E-state index >= 15 is 0 Å². The Morgan fingerprint density at radius 3 is 2.12 bits per heavy atom. The van der Waals surface area contributed by atoms with Crippen LogP contribution >= 0.6 is 0 Å². The fraction of sp³-hybridized carbons (Fsp3) is 0.100. The summed E-state index contributed by atoms with van der Waals surface area (Å²) in [5.41, 5.74) is 1.15. The number of rotatable bonds is 6. The second kappa shape index (κ2) is 7.49. The van der Waals surface area contributed by atoms with E-state index in [1.165, 1.54) is 24.3 Å². The Balaban J connectivity index is 1.79. The molecule has 0 bridgehead atoms. The average Bonchev–Trinajstić information content (AvgIpc) is 2.59. The van der Waals surface area contributed by atoms with Gasteiger partial charge in [0.2, 0.25) is 0 Å². The summed E-state index contributed by atoms with van der Waals surface area (Å²) in [6.45, 7) is 0. The number of ether oxygens (including phenoxy) is 1. The Bertz CT molecular complexity index is 936. The second-order valence-electron chi connectivity index (χ2n) is 5.68. The fourth-order valence-electron chi connectivity index (χ4n) is 2.46. The van der Waals surface area contributed by atoms with Crippen molar-refractivity contribution in [2.24, 2.45) is 0 Å². The predicted molar refractivity (Wildman–Crippen MR) is 95.7 cm³/mol. The molecule has 0 saturated carbocycles. The maximum atomic E-state index is 13.0. The number of benzene rings is 3. The van der Waals surface area contributed by atoms with Crippen LogP contribution in [0, 0.1) is 5.82 Å². The van der Waals surface area contributed by atoms with Gasteiger partial charge in [-0.1, -0.05) is 48.5 Å². The van der Waals surface area contributed by atoms with Crippen LogP contribution in [0.25, 0.3) is 0 Å². The summed E-state index contributed by atoms with van der Waals surface area (Å²) < 4.78 is 43.8. The van der Waals surface area contributed by atoms with E-state index in [2.05, 4.69) is 0 Å². The fourth-order valence-corrected chi connectivity index (χ4v) is 3.98. The van der Waals surface area contributed by atoms with Crippen LogP contribution in [0.15, 0.2) is 78.9 Å². The number of hydrogen-bond donors (Lipinski definition) is 0. The van der Waals surface area contributed by atoms with E-state index in [-0.39, 0.29) is 17.3 Å². The molecule has 5 heteroatoms. The summed E-state index contributed by atoms with van der Waals surface area (Å²) in [6, 6.07) is 21.8. The molecule has 0 aliphatic carbocycles. The Labute approximate surface area is 146 Å². The molecule has 0 saturated heterocycles. The number of sulfone groups is 1. The van der Waals surface area contributed by atoms with Crippen LogP contribution in [-0.4, -0.2) is 8.42 Å². The molecule has 0 N–H and O–H groups in total. The van der Waals surface area contributed by atoms with Crippen molar-refractivity contribution in [3.8, 4) is 11.5 Å². The summed E-state index contributed by atoms with van der Waals surface area (Å²) in [4.78, 5) is 0. The molecule has 3 nitrogen and oxygen atoms in total. The van der Waals surface area contributed by atoms with Crippen molar-refractivity contribution >= 4 is 9.84 Å². The van der Waals surface area contributed by atoms with Gasteiger partial charge in [0.25, 0.3) is 0 Å². The smallest absolute Gasteiger partial charge is 0.158 e. The van der Waals surface area contributed by atoms with Gasteiger partial charge < -0.3 is 4.74 Å². The first kappa shape index (κ1) is 17.2. The normalized spacial score (nSPS) is 11.2. The molecule has 3 aromatic rings. The van der Waals surface area contributed by atoms with Crippen molar-refractivity contribution in [2.45, 2.75) is 11.5 Å². The highest BCUT2D eigenvalue weighted by molar-refractivity contribution is 7.89. The van der Waals surface area contributed by atoms with Gasteiger partial charge in [0, 0.05) is 5.56 Å². The molecule has 3 aromatic carbocycles. The lowest BCUT2D eigenvalue weighted by Gasteiger charge is -2.11. The standard InChI is InChI=1S/C20H17FO3S/c21-18-12-10-16(11-13-18)14-25(22,23)15-17-6-4-5-9-20(17)24-19-7-2-1-3-8-19/h1-13H,14-15H2. The molecule has 0 aliphatic rings. The highest BCUT2D eigenvalue weighted by Crippen LogP contribution is 2.27. The Morgan fingerprint density at radius 1 is 0.760 bits per heavy atom. The third-order valence-corrected chi connectivity index (χ3v) is 5.14. The van der Waals surface area contributed by atoms with Gasteiger partial charge in [0.15, 0.2) is 9.84 Å². The Morgan fingerprint density at radius 2 is 1.40 bits per heavy atom. The number of hydrogen-bond acceptors (Lipinski definition) is 3. The minimum atomic E-state index is -3.42. The third-order valence-electron chi connectivity index (χ3n) is 3.62. The van der Waals surface area contributed by atoms with Crippen LogP contribution in [0.3, 0.4) is 0 Å². The Hall–Kier alpha value is -2.66. The van der Waals surface area contributed by atoms with Crippen LogP contribution in [0.2, 0.25) is 0 Å². The van der Waals surface area contributed by atoms with Gasteiger partial charge in [-0.3, -0.25) is 0 Å². The SMILES string of the molecule is O=S(=O)(Cc1ccc(F)cc1)Cc1ccccc1Oc1ccccc1. The molecule has 0 aliphatic heterocycles. The topological polar surface area (TPSA) is 43.4 Å². The minimum absolute atomic E-state index is 0.145. The van der Waals surface area contributed by atoms with Crippen molar-refractivity contribution in [3.63, 3.8) is 0 Å². The van der Waals surface area contributed by atoms with Crippen molar-refractivity contribution in [1.82, 2.24) is 0 Å². The average molecular weight is 356 g/mol. The van der Waals surface area contributed by atoms with E-state index in [0.29, 0.717) is 22.6 Å². The van der Waals surface area contributed by atoms with E-state index in [4.69, 9.17) is 4.74 Å². The van der Waals surface area contributed by atoms with Crippen molar-refractivity contribution in [1.29, 1.82) is 0 Å². The molecule has 0 amide bonds. The molecule has 128 valence electrons. The summed E-state index contributed by atoms with van der Waals surface area (Å²) in [6.07, 6.45) is 0. The van der Waals surface area contributed by atoms with E-state index in [1.54, 1.807) is 24.3 Å². The van der Waals surface area contributed by atoms with Crippen molar-refractivity contribution < 1.29 is 17.5 Å². The van der Waals surface area contributed by atoms with Crippen LogP contribution < -0.4 is 4.74 Å². The maximum absolute atomic E-state index is 13.0. The molecule has 0 heterocycles. The van der Waals surface area contributed by atoms with Gasteiger partial charge in [-0.05, 0) is 35.9 Å². The highest BCUT2D eigenvalue weighted by atomic mass is 32.2. The molecule has 0 radical (unpaired) electrons. The van der Waals surface area contributed by atoms with E-state index in [0.717, 1.165) is 0 Å². The lowest BCUT2D eigenvalue weighted by Crippen LogP contribution is -2.08. The van der Waals surface area contributed by atoms with E-state index < -0.39 is 9.84 Å². The van der Waals surface area contributed by atoms with E-state index in [1.807, 2.05) is 30.3 Å². The lowest BCUT2D eigenvalue weighted by atomic mass is 10.2. The molecule has 0 aromatic heterocycles. The summed E-state index contributed by atoms with van der Waals surface area (Å²) in [5, 5.41) is 0. The van der Waals surface area contributed by atoms with Gasteiger partial charge in [-0.25, -0.2) is 12.8 Å². The molecular weight excluding hydrogens is 339 g/mol. The first-order valence-corrected chi connectivity index (χ1v) is 9.60.